The smallest absolute Gasteiger partial charge is 0.251 e. The fraction of sp³-hybridized carbons (Fsp3) is 0.375. The largest absolute Gasteiger partial charge is 0.497 e. The van der Waals surface area contributed by atoms with Crippen molar-refractivity contribution in [2.45, 2.75) is 6.54 Å². The number of rotatable bonds is 6. The quantitative estimate of drug-likeness (QED) is 0.844. The molecule has 2 aromatic rings. The first-order valence-electron chi connectivity index (χ1n) is 7.42. The van der Waals surface area contributed by atoms with Crippen LogP contribution in [0.3, 0.4) is 0 Å². The summed E-state index contributed by atoms with van der Waals surface area (Å²) in [5.74, 6) is 1.99. The predicted molar refractivity (Wildman–Crippen MR) is 92.6 cm³/mol. The van der Waals surface area contributed by atoms with Crippen LogP contribution in [-0.2, 0) is 6.54 Å². The Balaban J connectivity index is 2.14. The van der Waals surface area contributed by atoms with Crippen molar-refractivity contribution in [1.29, 1.82) is 0 Å². The molecule has 0 saturated carbocycles. The fourth-order valence-electron chi connectivity index (χ4n) is 1.90. The van der Waals surface area contributed by atoms with E-state index < -0.39 is 0 Å². The fourth-order valence-corrected chi connectivity index (χ4v) is 1.90. The van der Waals surface area contributed by atoms with E-state index in [1.165, 1.54) is 0 Å². The molecule has 2 rings (SSSR count). The average molecular weight is 330 g/mol. The molecule has 1 amide bonds. The van der Waals surface area contributed by atoms with Gasteiger partial charge in [-0.1, -0.05) is 6.07 Å². The molecule has 0 aliphatic heterocycles. The van der Waals surface area contributed by atoms with Gasteiger partial charge < -0.3 is 19.9 Å². The van der Waals surface area contributed by atoms with Crippen molar-refractivity contribution in [3.63, 3.8) is 0 Å². The van der Waals surface area contributed by atoms with E-state index in [9.17, 15) is 4.79 Å². The summed E-state index contributed by atoms with van der Waals surface area (Å²) in [4.78, 5) is 28.9. The van der Waals surface area contributed by atoms with Crippen molar-refractivity contribution in [3.8, 4) is 5.75 Å². The number of amides is 1. The van der Waals surface area contributed by atoms with Crippen LogP contribution in [-0.4, -0.2) is 56.2 Å². The normalized spacial score (nSPS) is 10.2. The standard InChI is InChI=1S/C16H22N6O2/c1-21(2)15-18-13(19-16(20-15)22(3)4)10-17-14(23)11-7-6-8-12(9-11)24-5/h6-9H,10H2,1-5H3,(H,17,23). The molecular formula is C16H22N6O2. The molecule has 0 spiro atoms. The summed E-state index contributed by atoms with van der Waals surface area (Å²) in [6, 6.07) is 6.96. The van der Waals surface area contributed by atoms with Gasteiger partial charge in [-0.25, -0.2) is 0 Å². The van der Waals surface area contributed by atoms with Gasteiger partial charge in [-0.05, 0) is 18.2 Å². The summed E-state index contributed by atoms with van der Waals surface area (Å²) in [7, 11) is 8.98. The van der Waals surface area contributed by atoms with E-state index in [1.54, 1.807) is 41.2 Å². The van der Waals surface area contributed by atoms with Gasteiger partial charge in [0.1, 0.15) is 5.75 Å². The minimum Gasteiger partial charge on any atom is -0.497 e. The Morgan fingerprint density at radius 2 is 1.71 bits per heavy atom. The summed E-state index contributed by atoms with van der Waals surface area (Å²) in [6.45, 7) is 0.209. The topological polar surface area (TPSA) is 83.5 Å². The number of hydrogen-bond donors (Lipinski definition) is 1. The molecule has 0 saturated heterocycles. The van der Waals surface area contributed by atoms with Crippen LogP contribution in [0.2, 0.25) is 0 Å². The van der Waals surface area contributed by atoms with Gasteiger partial charge in [-0.2, -0.15) is 15.0 Å². The summed E-state index contributed by atoms with van der Waals surface area (Å²) in [5.41, 5.74) is 0.518. The molecule has 0 bridgehead atoms. The van der Waals surface area contributed by atoms with E-state index in [4.69, 9.17) is 4.74 Å². The summed E-state index contributed by atoms with van der Waals surface area (Å²) in [6.07, 6.45) is 0. The number of carbonyl (C=O) groups is 1. The number of benzene rings is 1. The van der Waals surface area contributed by atoms with Crippen molar-refractivity contribution >= 4 is 17.8 Å². The van der Waals surface area contributed by atoms with E-state index >= 15 is 0 Å². The minimum absolute atomic E-state index is 0.209. The molecule has 0 unspecified atom stereocenters. The van der Waals surface area contributed by atoms with E-state index in [1.807, 2.05) is 28.2 Å². The van der Waals surface area contributed by atoms with Crippen molar-refractivity contribution in [2.75, 3.05) is 45.1 Å². The van der Waals surface area contributed by atoms with Crippen LogP contribution in [0, 0.1) is 0 Å². The number of nitrogens with one attached hydrogen (secondary N) is 1. The number of hydrogen-bond acceptors (Lipinski definition) is 7. The van der Waals surface area contributed by atoms with Crippen LogP contribution in [0.5, 0.6) is 5.75 Å². The summed E-state index contributed by atoms with van der Waals surface area (Å²) < 4.78 is 5.13. The van der Waals surface area contributed by atoms with Crippen molar-refractivity contribution < 1.29 is 9.53 Å². The predicted octanol–water partition coefficient (Wildman–Crippen LogP) is 0.942. The number of methoxy groups -OCH3 is 1. The first-order chi connectivity index (χ1) is 11.4. The number of carbonyl (C=O) groups excluding carboxylic acids is 1. The zero-order chi connectivity index (χ0) is 17.7. The third-order valence-electron chi connectivity index (χ3n) is 3.20. The second kappa shape index (κ2) is 7.58. The van der Waals surface area contributed by atoms with Gasteiger partial charge in [0.25, 0.3) is 5.91 Å². The Morgan fingerprint density at radius 3 is 2.25 bits per heavy atom. The molecule has 1 aromatic heterocycles. The Hall–Kier alpha value is -2.90. The van der Waals surface area contributed by atoms with Gasteiger partial charge in [0, 0.05) is 33.8 Å². The molecular weight excluding hydrogens is 308 g/mol. The molecule has 8 heteroatoms. The minimum atomic E-state index is -0.216. The van der Waals surface area contributed by atoms with Gasteiger partial charge in [0.2, 0.25) is 11.9 Å². The number of ether oxygens (including phenoxy) is 1. The zero-order valence-electron chi connectivity index (χ0n) is 14.6. The number of anilines is 2. The first-order valence-corrected chi connectivity index (χ1v) is 7.42. The third-order valence-corrected chi connectivity index (χ3v) is 3.20. The molecule has 1 N–H and O–H groups in total. The molecule has 0 fully saturated rings. The van der Waals surface area contributed by atoms with Gasteiger partial charge >= 0.3 is 0 Å². The maximum absolute atomic E-state index is 12.3. The Kier molecular flexibility index (Phi) is 5.51. The highest BCUT2D eigenvalue weighted by Crippen LogP contribution is 2.13. The average Bonchev–Trinajstić information content (AvgIpc) is 2.59. The van der Waals surface area contributed by atoms with Crippen LogP contribution < -0.4 is 19.9 Å². The van der Waals surface area contributed by atoms with Crippen LogP contribution in [0.1, 0.15) is 16.2 Å². The molecule has 24 heavy (non-hydrogen) atoms. The molecule has 0 radical (unpaired) electrons. The van der Waals surface area contributed by atoms with Crippen molar-refractivity contribution in [2.24, 2.45) is 0 Å². The first kappa shape index (κ1) is 17.5. The molecule has 1 heterocycles. The maximum Gasteiger partial charge on any atom is 0.251 e. The molecule has 1 aromatic carbocycles. The molecule has 0 atom stereocenters. The van der Waals surface area contributed by atoms with Gasteiger partial charge in [0.15, 0.2) is 5.82 Å². The lowest BCUT2D eigenvalue weighted by Gasteiger charge is -2.16. The number of aromatic nitrogens is 3. The second-order valence-electron chi connectivity index (χ2n) is 5.56. The SMILES string of the molecule is COc1cccc(C(=O)NCc2nc(N(C)C)nc(N(C)C)n2)c1. The molecule has 0 aliphatic rings. The van der Waals surface area contributed by atoms with Gasteiger partial charge in [0.05, 0.1) is 13.7 Å². The van der Waals surface area contributed by atoms with E-state index in [-0.39, 0.29) is 12.5 Å². The highest BCUT2D eigenvalue weighted by molar-refractivity contribution is 5.94. The molecule has 128 valence electrons. The van der Waals surface area contributed by atoms with Gasteiger partial charge in [-0.15, -0.1) is 0 Å². The third kappa shape index (κ3) is 4.31. The van der Waals surface area contributed by atoms with Crippen molar-refractivity contribution in [1.82, 2.24) is 20.3 Å². The van der Waals surface area contributed by atoms with Crippen molar-refractivity contribution in [3.05, 3.63) is 35.7 Å². The lowest BCUT2D eigenvalue weighted by atomic mass is 10.2. The zero-order valence-corrected chi connectivity index (χ0v) is 14.6. The summed E-state index contributed by atoms with van der Waals surface area (Å²) >= 11 is 0. The molecule has 8 nitrogen and oxygen atoms in total. The highest BCUT2D eigenvalue weighted by atomic mass is 16.5. The Labute approximate surface area is 141 Å². The van der Waals surface area contributed by atoms with Crippen LogP contribution in [0.15, 0.2) is 24.3 Å². The van der Waals surface area contributed by atoms with E-state index in [0.717, 1.165) is 0 Å². The van der Waals surface area contributed by atoms with Crippen LogP contribution in [0.25, 0.3) is 0 Å². The highest BCUT2D eigenvalue weighted by Gasteiger charge is 2.12. The second-order valence-corrected chi connectivity index (χ2v) is 5.56. The van der Waals surface area contributed by atoms with E-state index in [0.29, 0.717) is 29.0 Å². The van der Waals surface area contributed by atoms with Crippen LogP contribution in [0.4, 0.5) is 11.9 Å². The maximum atomic E-state index is 12.3. The van der Waals surface area contributed by atoms with Crippen LogP contribution >= 0.6 is 0 Å². The monoisotopic (exact) mass is 330 g/mol. The Morgan fingerprint density at radius 1 is 1.08 bits per heavy atom. The van der Waals surface area contributed by atoms with Gasteiger partial charge in [-0.3, -0.25) is 4.79 Å². The Bertz CT molecular complexity index is 691. The number of nitrogens with zero attached hydrogens (tertiary/aromatic N) is 5. The molecule has 0 aliphatic carbocycles. The lowest BCUT2D eigenvalue weighted by molar-refractivity contribution is 0.0949. The lowest BCUT2D eigenvalue weighted by Crippen LogP contribution is -2.26. The van der Waals surface area contributed by atoms with E-state index in [2.05, 4.69) is 20.3 Å². The summed E-state index contributed by atoms with van der Waals surface area (Å²) in [5, 5.41) is 2.81.